The Balaban J connectivity index is 2.15. The molecule has 7 heteroatoms. The molecule has 142 valence electrons. The molecule has 6 nitrogen and oxygen atoms in total. The van der Waals surface area contributed by atoms with Gasteiger partial charge in [-0.1, -0.05) is 18.2 Å². The van der Waals surface area contributed by atoms with Crippen LogP contribution in [0.3, 0.4) is 0 Å². The van der Waals surface area contributed by atoms with Gasteiger partial charge in [0.15, 0.2) is 0 Å². The van der Waals surface area contributed by atoms with Crippen LogP contribution in [0.25, 0.3) is 11.0 Å². The van der Waals surface area contributed by atoms with Crippen LogP contribution in [0.5, 0.6) is 0 Å². The molecule has 0 bridgehead atoms. The fourth-order valence-electron chi connectivity index (χ4n) is 2.97. The molecular formula is C20H21NO5S. The standard InChI is InChI=1S/C20H21NO5S/c1-5-25-20(22)18-14(4)26-19-13(3)12(2)17(11-16(18)19)21-27(23,24)15-9-7-6-8-10-15/h6-11,21H,5H2,1-4H3. The van der Waals surface area contributed by atoms with Crippen LogP contribution >= 0.6 is 0 Å². The monoisotopic (exact) mass is 387 g/mol. The summed E-state index contributed by atoms with van der Waals surface area (Å²) in [4.78, 5) is 12.5. The molecule has 0 aliphatic heterocycles. The fraction of sp³-hybridized carbons (Fsp3) is 0.250. The van der Waals surface area contributed by atoms with Gasteiger partial charge < -0.3 is 9.15 Å². The van der Waals surface area contributed by atoms with Gasteiger partial charge in [-0.15, -0.1) is 0 Å². The topological polar surface area (TPSA) is 85.6 Å². The zero-order valence-corrected chi connectivity index (χ0v) is 16.4. The molecule has 1 aromatic heterocycles. The zero-order chi connectivity index (χ0) is 19.8. The Morgan fingerprint density at radius 3 is 2.41 bits per heavy atom. The van der Waals surface area contributed by atoms with Crippen LogP contribution < -0.4 is 4.72 Å². The van der Waals surface area contributed by atoms with Gasteiger partial charge in [0.1, 0.15) is 16.9 Å². The quantitative estimate of drug-likeness (QED) is 0.659. The molecule has 0 fully saturated rings. The minimum absolute atomic E-state index is 0.163. The first-order valence-electron chi connectivity index (χ1n) is 8.54. The maximum absolute atomic E-state index is 12.7. The summed E-state index contributed by atoms with van der Waals surface area (Å²) in [6, 6.07) is 9.74. The second-order valence-electron chi connectivity index (χ2n) is 6.22. The summed E-state index contributed by atoms with van der Waals surface area (Å²) < 4.78 is 38.9. The van der Waals surface area contributed by atoms with Gasteiger partial charge in [-0.2, -0.15) is 0 Å². The van der Waals surface area contributed by atoms with E-state index in [0.29, 0.717) is 28.0 Å². The van der Waals surface area contributed by atoms with Crippen molar-refractivity contribution in [1.82, 2.24) is 0 Å². The van der Waals surface area contributed by atoms with Crippen LogP contribution in [0.2, 0.25) is 0 Å². The first-order valence-corrected chi connectivity index (χ1v) is 10.0. The third kappa shape index (κ3) is 3.42. The number of benzene rings is 2. The van der Waals surface area contributed by atoms with E-state index >= 15 is 0 Å². The number of hydrogen-bond acceptors (Lipinski definition) is 5. The molecule has 3 aromatic rings. The maximum atomic E-state index is 12.7. The van der Waals surface area contributed by atoms with Crippen molar-refractivity contribution in [2.75, 3.05) is 11.3 Å². The second-order valence-corrected chi connectivity index (χ2v) is 7.91. The molecule has 27 heavy (non-hydrogen) atoms. The van der Waals surface area contributed by atoms with Crippen molar-refractivity contribution >= 4 is 32.6 Å². The molecule has 1 heterocycles. The van der Waals surface area contributed by atoms with E-state index in [2.05, 4.69) is 4.72 Å². The average molecular weight is 387 g/mol. The summed E-state index contributed by atoms with van der Waals surface area (Å²) in [6.07, 6.45) is 0. The van der Waals surface area contributed by atoms with Crippen molar-refractivity contribution < 1.29 is 22.4 Å². The fourth-order valence-corrected chi connectivity index (χ4v) is 4.10. The molecule has 0 amide bonds. The second kappa shape index (κ2) is 7.08. The number of furan rings is 1. The normalized spacial score (nSPS) is 11.6. The molecule has 0 saturated heterocycles. The molecule has 0 radical (unpaired) electrons. The van der Waals surface area contributed by atoms with Crippen LogP contribution in [-0.4, -0.2) is 21.0 Å². The number of nitrogens with one attached hydrogen (secondary N) is 1. The summed E-state index contributed by atoms with van der Waals surface area (Å²) in [7, 11) is -3.75. The number of esters is 1. The molecular weight excluding hydrogens is 366 g/mol. The largest absolute Gasteiger partial charge is 0.462 e. The van der Waals surface area contributed by atoms with Crippen LogP contribution in [0.4, 0.5) is 5.69 Å². The van der Waals surface area contributed by atoms with Gasteiger partial charge in [-0.05, 0) is 57.0 Å². The highest BCUT2D eigenvalue weighted by molar-refractivity contribution is 7.92. The average Bonchev–Trinajstić information content (AvgIpc) is 2.96. The summed E-state index contributed by atoms with van der Waals surface area (Å²) in [5.41, 5.74) is 2.75. The SMILES string of the molecule is CCOC(=O)c1c(C)oc2c(C)c(C)c(NS(=O)(=O)c3ccccc3)cc12. The van der Waals surface area contributed by atoms with Gasteiger partial charge in [0.25, 0.3) is 10.0 Å². The lowest BCUT2D eigenvalue weighted by Crippen LogP contribution is -2.14. The summed E-state index contributed by atoms with van der Waals surface area (Å²) in [5, 5.41) is 0.528. The minimum Gasteiger partial charge on any atom is -0.462 e. The summed E-state index contributed by atoms with van der Waals surface area (Å²) in [5.74, 6) is -0.0529. The summed E-state index contributed by atoms with van der Waals surface area (Å²) in [6.45, 7) is 7.29. The van der Waals surface area contributed by atoms with Crippen molar-refractivity contribution in [2.45, 2.75) is 32.6 Å². The van der Waals surface area contributed by atoms with E-state index in [-0.39, 0.29) is 11.5 Å². The van der Waals surface area contributed by atoms with Gasteiger partial charge in [-0.25, -0.2) is 13.2 Å². The Labute approximate surface area is 158 Å². The highest BCUT2D eigenvalue weighted by Crippen LogP contribution is 2.35. The number of rotatable bonds is 5. The van der Waals surface area contributed by atoms with E-state index in [0.717, 1.165) is 11.1 Å². The van der Waals surface area contributed by atoms with E-state index in [1.54, 1.807) is 45.0 Å². The molecule has 0 unspecified atom stereocenters. The van der Waals surface area contributed by atoms with Crippen molar-refractivity contribution in [3.05, 3.63) is 58.8 Å². The summed E-state index contributed by atoms with van der Waals surface area (Å²) >= 11 is 0. The van der Waals surface area contributed by atoms with Crippen LogP contribution in [0, 0.1) is 20.8 Å². The van der Waals surface area contributed by atoms with Gasteiger partial charge in [-0.3, -0.25) is 4.72 Å². The number of fused-ring (bicyclic) bond motifs is 1. The number of carbonyl (C=O) groups excluding carboxylic acids is 1. The molecule has 2 aromatic carbocycles. The smallest absolute Gasteiger partial charge is 0.342 e. The van der Waals surface area contributed by atoms with Crippen LogP contribution in [0.1, 0.15) is 34.2 Å². The molecule has 0 aliphatic carbocycles. The molecule has 0 aliphatic rings. The van der Waals surface area contributed by atoms with Gasteiger partial charge in [0.2, 0.25) is 0 Å². The number of ether oxygens (including phenoxy) is 1. The number of carbonyl (C=O) groups is 1. The maximum Gasteiger partial charge on any atom is 0.342 e. The molecule has 3 rings (SSSR count). The minimum atomic E-state index is -3.75. The van der Waals surface area contributed by atoms with Gasteiger partial charge in [0, 0.05) is 5.39 Å². The number of aryl methyl sites for hydroxylation is 2. The Bertz CT molecular complexity index is 1110. The Hall–Kier alpha value is -2.80. The van der Waals surface area contributed by atoms with E-state index in [4.69, 9.17) is 9.15 Å². The predicted octanol–water partition coefficient (Wildman–Crippen LogP) is 4.34. The van der Waals surface area contributed by atoms with Crippen LogP contribution in [0.15, 0.2) is 45.7 Å². The number of hydrogen-bond donors (Lipinski definition) is 1. The van der Waals surface area contributed by atoms with Gasteiger partial charge in [0.05, 0.1) is 17.2 Å². The van der Waals surface area contributed by atoms with Gasteiger partial charge >= 0.3 is 5.97 Å². The molecule has 0 atom stereocenters. The van der Waals surface area contributed by atoms with E-state index in [9.17, 15) is 13.2 Å². The first kappa shape index (κ1) is 19.0. The lowest BCUT2D eigenvalue weighted by molar-refractivity contribution is 0.0526. The highest BCUT2D eigenvalue weighted by Gasteiger charge is 2.24. The highest BCUT2D eigenvalue weighted by atomic mass is 32.2. The molecule has 1 N–H and O–H groups in total. The third-order valence-electron chi connectivity index (χ3n) is 4.49. The Morgan fingerprint density at radius 1 is 1.11 bits per heavy atom. The Morgan fingerprint density at radius 2 is 1.78 bits per heavy atom. The van der Waals surface area contributed by atoms with E-state index in [1.165, 1.54) is 12.1 Å². The van der Waals surface area contributed by atoms with Crippen molar-refractivity contribution in [2.24, 2.45) is 0 Å². The molecule has 0 saturated carbocycles. The number of sulfonamides is 1. The zero-order valence-electron chi connectivity index (χ0n) is 15.6. The third-order valence-corrected chi connectivity index (χ3v) is 5.88. The lowest BCUT2D eigenvalue weighted by Gasteiger charge is -2.13. The van der Waals surface area contributed by atoms with Crippen molar-refractivity contribution in [3.8, 4) is 0 Å². The van der Waals surface area contributed by atoms with E-state index < -0.39 is 16.0 Å². The van der Waals surface area contributed by atoms with Crippen molar-refractivity contribution in [3.63, 3.8) is 0 Å². The Kier molecular flexibility index (Phi) is 4.97. The predicted molar refractivity (Wildman–Crippen MR) is 104 cm³/mol. The first-order chi connectivity index (χ1) is 12.8. The van der Waals surface area contributed by atoms with Crippen molar-refractivity contribution in [1.29, 1.82) is 0 Å². The number of anilines is 1. The molecule has 0 spiro atoms. The van der Waals surface area contributed by atoms with Crippen LogP contribution in [-0.2, 0) is 14.8 Å². The van der Waals surface area contributed by atoms with E-state index in [1.807, 2.05) is 6.92 Å². The lowest BCUT2D eigenvalue weighted by atomic mass is 10.0.